The monoisotopic (exact) mass is 369 g/mol. The van der Waals surface area contributed by atoms with Gasteiger partial charge in [-0.15, -0.1) is 0 Å². The van der Waals surface area contributed by atoms with E-state index in [2.05, 4.69) is 45.4 Å². The lowest BCUT2D eigenvalue weighted by Crippen LogP contribution is -2.44. The van der Waals surface area contributed by atoms with Crippen molar-refractivity contribution in [3.63, 3.8) is 0 Å². The van der Waals surface area contributed by atoms with Gasteiger partial charge in [-0.3, -0.25) is 4.79 Å². The molecule has 0 amide bonds. The Hall–Kier alpha value is -1.98. The second-order valence-electron chi connectivity index (χ2n) is 5.95. The van der Waals surface area contributed by atoms with Gasteiger partial charge in [-0.2, -0.15) is 5.10 Å². The lowest BCUT2D eigenvalue weighted by molar-refractivity contribution is 0.0926. The molecule has 116 valence electrons. The van der Waals surface area contributed by atoms with Gasteiger partial charge >= 0.3 is 0 Å². The molecular formula is C18H16BrN3O. The van der Waals surface area contributed by atoms with Crippen LogP contribution in [0.5, 0.6) is 0 Å². The minimum Gasteiger partial charge on any atom is -0.300 e. The molecule has 1 unspecified atom stereocenters. The van der Waals surface area contributed by atoms with E-state index in [1.54, 1.807) is 4.52 Å². The fourth-order valence-corrected chi connectivity index (χ4v) is 3.57. The van der Waals surface area contributed by atoms with Crippen molar-refractivity contribution >= 4 is 27.2 Å². The van der Waals surface area contributed by atoms with Crippen molar-refractivity contribution in [2.45, 2.75) is 25.4 Å². The number of carbonyl (C=O) groups excluding carboxylic acids is 1. The van der Waals surface area contributed by atoms with Crippen molar-refractivity contribution in [3.8, 4) is 0 Å². The first kappa shape index (κ1) is 14.6. The fourth-order valence-electron chi connectivity index (χ4n) is 3.24. The zero-order valence-corrected chi connectivity index (χ0v) is 14.2. The van der Waals surface area contributed by atoms with Crippen molar-refractivity contribution in [3.05, 3.63) is 70.0 Å². The van der Waals surface area contributed by atoms with Crippen LogP contribution in [-0.4, -0.2) is 21.4 Å². The number of halogens is 1. The summed E-state index contributed by atoms with van der Waals surface area (Å²) >= 11 is 3.42. The molecule has 5 heteroatoms. The summed E-state index contributed by atoms with van der Waals surface area (Å²) in [5, 5.41) is 7.85. The quantitative estimate of drug-likeness (QED) is 0.702. The molecule has 0 spiro atoms. The Bertz CT molecular complexity index is 902. The van der Waals surface area contributed by atoms with E-state index >= 15 is 0 Å². The molecule has 0 fully saturated rings. The van der Waals surface area contributed by atoms with Crippen molar-refractivity contribution < 1.29 is 4.79 Å². The van der Waals surface area contributed by atoms with Crippen molar-refractivity contribution in [1.29, 1.82) is 0 Å². The molecule has 4 nitrogen and oxygen atoms in total. The number of hydrogen-bond donors (Lipinski definition) is 1. The van der Waals surface area contributed by atoms with Crippen molar-refractivity contribution in [1.82, 2.24) is 14.9 Å². The topological polar surface area (TPSA) is 46.4 Å². The predicted octanol–water partition coefficient (Wildman–Crippen LogP) is 3.56. The summed E-state index contributed by atoms with van der Waals surface area (Å²) in [6.07, 6.45) is 2.56. The van der Waals surface area contributed by atoms with Crippen LogP contribution in [0.15, 0.2) is 53.1 Å². The van der Waals surface area contributed by atoms with Crippen LogP contribution in [-0.2, 0) is 6.42 Å². The highest BCUT2D eigenvalue weighted by Gasteiger charge is 2.29. The van der Waals surface area contributed by atoms with Gasteiger partial charge in [-0.25, -0.2) is 4.52 Å². The SMILES string of the molecule is C[C@@H]1NC(C(=O)c2cc3ccc(Br)cn3n2)Cc2ccccc21. The zero-order chi connectivity index (χ0) is 16.0. The Kier molecular flexibility index (Phi) is 3.54. The van der Waals surface area contributed by atoms with Crippen LogP contribution < -0.4 is 5.32 Å². The Morgan fingerprint density at radius 2 is 2.13 bits per heavy atom. The van der Waals surface area contributed by atoms with Crippen LogP contribution in [0.3, 0.4) is 0 Å². The maximum atomic E-state index is 12.9. The average Bonchev–Trinajstić information content (AvgIpc) is 2.97. The molecule has 23 heavy (non-hydrogen) atoms. The summed E-state index contributed by atoms with van der Waals surface area (Å²) in [5.74, 6) is 0.0474. The molecule has 0 saturated carbocycles. The van der Waals surface area contributed by atoms with Crippen molar-refractivity contribution in [2.75, 3.05) is 0 Å². The zero-order valence-electron chi connectivity index (χ0n) is 12.7. The summed E-state index contributed by atoms with van der Waals surface area (Å²) in [7, 11) is 0. The summed E-state index contributed by atoms with van der Waals surface area (Å²) in [6.45, 7) is 2.10. The Balaban J connectivity index is 1.66. The third-order valence-electron chi connectivity index (χ3n) is 4.39. The van der Waals surface area contributed by atoms with Gasteiger partial charge in [-0.05, 0) is 58.6 Å². The molecule has 3 aromatic rings. The number of benzene rings is 1. The smallest absolute Gasteiger partial charge is 0.200 e. The van der Waals surface area contributed by atoms with E-state index in [1.807, 2.05) is 36.5 Å². The molecule has 2 atom stereocenters. The predicted molar refractivity (Wildman–Crippen MR) is 92.7 cm³/mol. The molecule has 1 aliphatic heterocycles. The number of aromatic nitrogens is 2. The highest BCUT2D eigenvalue weighted by atomic mass is 79.9. The Morgan fingerprint density at radius 1 is 1.30 bits per heavy atom. The molecule has 0 bridgehead atoms. The van der Waals surface area contributed by atoms with Gasteiger partial charge in [0.15, 0.2) is 5.78 Å². The molecule has 2 aromatic heterocycles. The number of Topliss-reactive ketones (excluding diaryl/α,β-unsaturated/α-hetero) is 1. The van der Waals surface area contributed by atoms with E-state index in [1.165, 1.54) is 11.1 Å². The Morgan fingerprint density at radius 3 is 3.00 bits per heavy atom. The van der Waals surface area contributed by atoms with E-state index in [0.717, 1.165) is 9.99 Å². The van der Waals surface area contributed by atoms with Gasteiger partial charge in [-0.1, -0.05) is 24.3 Å². The second-order valence-corrected chi connectivity index (χ2v) is 6.87. The second kappa shape index (κ2) is 5.58. The minimum absolute atomic E-state index is 0.0474. The fraction of sp³-hybridized carbons (Fsp3) is 0.222. The van der Waals surface area contributed by atoms with E-state index in [0.29, 0.717) is 12.1 Å². The van der Waals surface area contributed by atoms with Gasteiger partial charge in [0.25, 0.3) is 0 Å². The van der Waals surface area contributed by atoms with Crippen LogP contribution in [0.25, 0.3) is 5.52 Å². The highest BCUT2D eigenvalue weighted by molar-refractivity contribution is 9.10. The van der Waals surface area contributed by atoms with Crippen LogP contribution in [0.2, 0.25) is 0 Å². The van der Waals surface area contributed by atoms with Crippen LogP contribution >= 0.6 is 15.9 Å². The van der Waals surface area contributed by atoms with Gasteiger partial charge in [0.1, 0.15) is 5.69 Å². The molecule has 1 aliphatic rings. The average molecular weight is 370 g/mol. The van der Waals surface area contributed by atoms with E-state index < -0.39 is 0 Å². The number of fused-ring (bicyclic) bond motifs is 2. The molecule has 0 saturated heterocycles. The maximum absolute atomic E-state index is 12.9. The molecule has 3 heterocycles. The van der Waals surface area contributed by atoms with Gasteiger partial charge in [0, 0.05) is 16.7 Å². The maximum Gasteiger partial charge on any atom is 0.200 e. The Labute approximate surface area is 142 Å². The number of hydrogen-bond acceptors (Lipinski definition) is 3. The summed E-state index contributed by atoms with van der Waals surface area (Å²) in [6, 6.07) is 14.0. The van der Waals surface area contributed by atoms with Gasteiger partial charge in [0.2, 0.25) is 0 Å². The first-order valence-electron chi connectivity index (χ1n) is 7.65. The molecule has 1 aromatic carbocycles. The summed E-state index contributed by atoms with van der Waals surface area (Å²) < 4.78 is 2.67. The first-order valence-corrected chi connectivity index (χ1v) is 8.44. The number of nitrogens with zero attached hydrogens (tertiary/aromatic N) is 2. The van der Waals surface area contributed by atoms with Crippen LogP contribution in [0, 0.1) is 0 Å². The molecule has 0 aliphatic carbocycles. The van der Waals surface area contributed by atoms with Gasteiger partial charge < -0.3 is 5.32 Å². The van der Waals surface area contributed by atoms with E-state index in [9.17, 15) is 4.79 Å². The molecular weight excluding hydrogens is 354 g/mol. The van der Waals surface area contributed by atoms with Crippen molar-refractivity contribution in [2.24, 2.45) is 0 Å². The third-order valence-corrected chi connectivity index (χ3v) is 4.86. The van der Waals surface area contributed by atoms with Gasteiger partial charge in [0.05, 0.1) is 11.6 Å². The molecule has 1 N–H and O–H groups in total. The van der Waals surface area contributed by atoms with Crippen LogP contribution in [0.4, 0.5) is 0 Å². The first-order chi connectivity index (χ1) is 11.1. The summed E-state index contributed by atoms with van der Waals surface area (Å²) in [4.78, 5) is 12.9. The largest absolute Gasteiger partial charge is 0.300 e. The van der Waals surface area contributed by atoms with E-state index in [-0.39, 0.29) is 17.9 Å². The van der Waals surface area contributed by atoms with E-state index in [4.69, 9.17) is 0 Å². The lowest BCUT2D eigenvalue weighted by Gasteiger charge is -2.30. The molecule has 0 radical (unpaired) electrons. The lowest BCUT2D eigenvalue weighted by atomic mass is 9.89. The number of ketones is 1. The standard InChI is InChI=1S/C18H16BrN3O/c1-11-15-5-3-2-4-12(15)8-16(20-11)18(23)17-9-14-7-6-13(19)10-22(14)21-17/h2-7,9-11,16,20H,8H2,1H3/t11-,16?/m0/s1. The summed E-state index contributed by atoms with van der Waals surface area (Å²) in [5.41, 5.74) is 3.94. The number of nitrogens with one attached hydrogen (secondary N) is 1. The molecule has 4 rings (SSSR count). The number of carbonyl (C=O) groups is 1. The number of pyridine rings is 1. The highest BCUT2D eigenvalue weighted by Crippen LogP contribution is 2.26. The number of rotatable bonds is 2. The third kappa shape index (κ3) is 2.60. The minimum atomic E-state index is -0.228. The van der Waals surface area contributed by atoms with Crippen LogP contribution in [0.1, 0.15) is 34.6 Å². The normalized spacial score (nSPS) is 20.4.